The minimum atomic E-state index is -1.86. The molecule has 2 N–H and O–H groups in total. The molecular weight excluding hydrogens is 265 g/mol. The summed E-state index contributed by atoms with van der Waals surface area (Å²) in [6, 6.07) is 3.75. The SMILES string of the molecule is CCOC(=O)C(C)(C(=O)OCC)c1ccc(N)cc1F. The Hall–Kier alpha value is -2.11. The molecule has 0 saturated carbocycles. The quantitative estimate of drug-likeness (QED) is 0.506. The van der Waals surface area contributed by atoms with Gasteiger partial charge < -0.3 is 15.2 Å². The van der Waals surface area contributed by atoms with Crippen LogP contribution < -0.4 is 5.73 Å². The third-order valence-corrected chi connectivity index (χ3v) is 2.90. The number of esters is 2. The van der Waals surface area contributed by atoms with E-state index in [-0.39, 0.29) is 24.5 Å². The van der Waals surface area contributed by atoms with Gasteiger partial charge in [-0.3, -0.25) is 9.59 Å². The molecule has 1 rings (SSSR count). The van der Waals surface area contributed by atoms with Gasteiger partial charge in [0.25, 0.3) is 0 Å². The number of nitrogens with two attached hydrogens (primary N) is 1. The zero-order valence-electron chi connectivity index (χ0n) is 11.7. The summed E-state index contributed by atoms with van der Waals surface area (Å²) in [5, 5.41) is 0. The Kier molecular flexibility index (Phi) is 5.07. The molecule has 0 radical (unpaired) electrons. The van der Waals surface area contributed by atoms with Gasteiger partial charge in [-0.1, -0.05) is 6.07 Å². The van der Waals surface area contributed by atoms with Crippen molar-refractivity contribution >= 4 is 17.6 Å². The number of rotatable bonds is 5. The highest BCUT2D eigenvalue weighted by Gasteiger charge is 2.47. The second-order valence-electron chi connectivity index (χ2n) is 4.31. The van der Waals surface area contributed by atoms with Crippen LogP contribution in [0, 0.1) is 5.82 Å². The highest BCUT2D eigenvalue weighted by molar-refractivity contribution is 6.06. The number of benzene rings is 1. The highest BCUT2D eigenvalue weighted by Crippen LogP contribution is 2.30. The van der Waals surface area contributed by atoms with E-state index in [1.807, 2.05) is 0 Å². The molecule has 0 aliphatic heterocycles. The maximum absolute atomic E-state index is 14.1. The third kappa shape index (κ3) is 2.89. The lowest BCUT2D eigenvalue weighted by atomic mass is 9.82. The molecule has 0 aliphatic rings. The summed E-state index contributed by atoms with van der Waals surface area (Å²) in [5.74, 6) is -2.47. The number of halogens is 1. The molecule has 110 valence electrons. The van der Waals surface area contributed by atoms with Gasteiger partial charge in [-0.15, -0.1) is 0 Å². The Bertz CT molecular complexity index is 498. The lowest BCUT2D eigenvalue weighted by Gasteiger charge is -2.25. The van der Waals surface area contributed by atoms with E-state index in [1.54, 1.807) is 13.8 Å². The van der Waals surface area contributed by atoms with Crippen LogP contribution in [0.3, 0.4) is 0 Å². The van der Waals surface area contributed by atoms with Crippen molar-refractivity contribution in [2.24, 2.45) is 0 Å². The van der Waals surface area contributed by atoms with Crippen LogP contribution in [0.25, 0.3) is 0 Å². The lowest BCUT2D eigenvalue weighted by molar-refractivity contribution is -0.164. The van der Waals surface area contributed by atoms with E-state index >= 15 is 0 Å². The fourth-order valence-electron chi connectivity index (χ4n) is 1.79. The summed E-state index contributed by atoms with van der Waals surface area (Å²) < 4.78 is 23.8. The molecule has 1 aromatic rings. The van der Waals surface area contributed by atoms with Crippen LogP contribution in [0.5, 0.6) is 0 Å². The maximum atomic E-state index is 14.1. The first kappa shape index (κ1) is 15.9. The van der Waals surface area contributed by atoms with Gasteiger partial charge in [-0.05, 0) is 32.9 Å². The second-order valence-corrected chi connectivity index (χ2v) is 4.31. The van der Waals surface area contributed by atoms with E-state index < -0.39 is 23.2 Å². The van der Waals surface area contributed by atoms with Crippen molar-refractivity contribution in [3.8, 4) is 0 Å². The van der Waals surface area contributed by atoms with Crippen molar-refractivity contribution in [2.75, 3.05) is 18.9 Å². The summed E-state index contributed by atoms with van der Waals surface area (Å²) in [7, 11) is 0. The van der Waals surface area contributed by atoms with Crippen molar-refractivity contribution in [2.45, 2.75) is 26.2 Å². The number of carbonyl (C=O) groups excluding carboxylic acids is 2. The zero-order chi connectivity index (χ0) is 15.3. The van der Waals surface area contributed by atoms with E-state index in [2.05, 4.69) is 0 Å². The predicted molar refractivity (Wildman–Crippen MR) is 71.4 cm³/mol. The smallest absolute Gasteiger partial charge is 0.327 e. The van der Waals surface area contributed by atoms with Crippen molar-refractivity contribution < 1.29 is 23.5 Å². The van der Waals surface area contributed by atoms with Crippen LogP contribution in [0.2, 0.25) is 0 Å². The summed E-state index contributed by atoms with van der Waals surface area (Å²) in [6.07, 6.45) is 0. The molecule has 0 bridgehead atoms. The minimum Gasteiger partial charge on any atom is -0.465 e. The minimum absolute atomic E-state index is 0.0738. The molecular formula is C14H18FNO4. The normalized spacial score (nSPS) is 11.0. The van der Waals surface area contributed by atoms with Crippen LogP contribution in [-0.4, -0.2) is 25.2 Å². The van der Waals surface area contributed by atoms with Crippen LogP contribution in [0.15, 0.2) is 18.2 Å². The Labute approximate surface area is 116 Å². The monoisotopic (exact) mass is 283 g/mol. The van der Waals surface area contributed by atoms with E-state index in [0.717, 1.165) is 6.07 Å². The number of carbonyl (C=O) groups is 2. The van der Waals surface area contributed by atoms with Gasteiger partial charge in [0.15, 0.2) is 5.41 Å². The van der Waals surface area contributed by atoms with Gasteiger partial charge in [0.1, 0.15) is 5.82 Å². The predicted octanol–water partition coefficient (Wildman–Crippen LogP) is 1.79. The van der Waals surface area contributed by atoms with Crippen molar-refractivity contribution in [3.63, 3.8) is 0 Å². The first-order valence-electron chi connectivity index (χ1n) is 6.27. The number of hydrogen-bond donors (Lipinski definition) is 1. The summed E-state index contributed by atoms with van der Waals surface area (Å²) in [4.78, 5) is 24.2. The molecule has 0 spiro atoms. The van der Waals surface area contributed by atoms with Crippen molar-refractivity contribution in [3.05, 3.63) is 29.6 Å². The van der Waals surface area contributed by atoms with Crippen LogP contribution >= 0.6 is 0 Å². The highest BCUT2D eigenvalue weighted by atomic mass is 19.1. The Balaban J connectivity index is 3.36. The Morgan fingerprint density at radius 1 is 1.20 bits per heavy atom. The van der Waals surface area contributed by atoms with Gasteiger partial charge >= 0.3 is 11.9 Å². The lowest BCUT2D eigenvalue weighted by Crippen LogP contribution is -2.44. The molecule has 5 nitrogen and oxygen atoms in total. The van der Waals surface area contributed by atoms with Gasteiger partial charge in [0.05, 0.1) is 13.2 Å². The number of nitrogen functional groups attached to an aromatic ring is 1. The van der Waals surface area contributed by atoms with Gasteiger partial charge in [-0.2, -0.15) is 0 Å². The fourth-order valence-corrected chi connectivity index (χ4v) is 1.79. The molecule has 6 heteroatoms. The van der Waals surface area contributed by atoms with E-state index in [0.29, 0.717) is 0 Å². The summed E-state index contributed by atoms with van der Waals surface area (Å²) >= 11 is 0. The molecule has 0 unspecified atom stereocenters. The van der Waals surface area contributed by atoms with Crippen molar-refractivity contribution in [1.29, 1.82) is 0 Å². The summed E-state index contributed by atoms with van der Waals surface area (Å²) in [6.45, 7) is 4.62. The summed E-state index contributed by atoms with van der Waals surface area (Å²) in [5.41, 5.74) is 3.68. The largest absolute Gasteiger partial charge is 0.465 e. The zero-order valence-corrected chi connectivity index (χ0v) is 11.7. The van der Waals surface area contributed by atoms with Crippen molar-refractivity contribution in [1.82, 2.24) is 0 Å². The third-order valence-electron chi connectivity index (χ3n) is 2.90. The molecule has 0 fully saturated rings. The molecule has 0 heterocycles. The van der Waals surface area contributed by atoms with Gasteiger partial charge in [0, 0.05) is 11.3 Å². The molecule has 0 amide bonds. The fraction of sp³-hybridized carbons (Fsp3) is 0.429. The number of ether oxygens (including phenoxy) is 2. The van der Waals surface area contributed by atoms with E-state index in [9.17, 15) is 14.0 Å². The maximum Gasteiger partial charge on any atom is 0.327 e. The molecule has 0 atom stereocenters. The first-order chi connectivity index (χ1) is 9.37. The molecule has 1 aromatic carbocycles. The first-order valence-corrected chi connectivity index (χ1v) is 6.27. The molecule has 0 aliphatic carbocycles. The standard InChI is InChI=1S/C14H18FNO4/c1-4-19-12(17)14(3,13(18)20-5-2)10-7-6-9(16)8-11(10)15/h6-8H,4-5,16H2,1-3H3. The van der Waals surface area contributed by atoms with E-state index in [4.69, 9.17) is 15.2 Å². The second kappa shape index (κ2) is 6.36. The number of hydrogen-bond acceptors (Lipinski definition) is 5. The Morgan fingerprint density at radius 3 is 2.10 bits per heavy atom. The molecule has 0 aromatic heterocycles. The molecule has 0 saturated heterocycles. The number of anilines is 1. The topological polar surface area (TPSA) is 78.6 Å². The van der Waals surface area contributed by atoms with E-state index in [1.165, 1.54) is 19.1 Å². The van der Waals surface area contributed by atoms with Gasteiger partial charge in [0.2, 0.25) is 0 Å². The molecule has 20 heavy (non-hydrogen) atoms. The van der Waals surface area contributed by atoms with Gasteiger partial charge in [-0.25, -0.2) is 4.39 Å². The average molecular weight is 283 g/mol. The van der Waals surface area contributed by atoms with Crippen LogP contribution in [0.4, 0.5) is 10.1 Å². The van der Waals surface area contributed by atoms with Crippen LogP contribution in [0.1, 0.15) is 26.3 Å². The van der Waals surface area contributed by atoms with Crippen LogP contribution in [-0.2, 0) is 24.5 Å². The Morgan fingerprint density at radius 2 is 1.70 bits per heavy atom. The average Bonchev–Trinajstić information content (AvgIpc) is 2.38.